The third kappa shape index (κ3) is 5.20. The van der Waals surface area contributed by atoms with Crippen LogP contribution < -0.4 is 5.32 Å². The van der Waals surface area contributed by atoms with Crippen molar-refractivity contribution in [3.05, 3.63) is 70.3 Å². The molecule has 0 saturated carbocycles. The van der Waals surface area contributed by atoms with Gasteiger partial charge < -0.3 is 10.1 Å². The molecule has 1 saturated heterocycles. The molecule has 2 aromatic carbocycles. The number of carbonyl (C=O) groups excluding carboxylic acids is 2. The van der Waals surface area contributed by atoms with Crippen molar-refractivity contribution < 1.29 is 14.3 Å². The number of amides is 1. The smallest absolute Gasteiger partial charge is 0.339 e. The number of aryl methyl sites for hydroxylation is 3. The summed E-state index contributed by atoms with van der Waals surface area (Å²) in [5.41, 5.74) is 4.66. The van der Waals surface area contributed by atoms with Crippen LogP contribution in [0.2, 0.25) is 0 Å². The van der Waals surface area contributed by atoms with Crippen LogP contribution in [0.15, 0.2) is 42.5 Å². The lowest BCUT2D eigenvalue weighted by Crippen LogP contribution is -2.39. The summed E-state index contributed by atoms with van der Waals surface area (Å²) in [6, 6.07) is 14.3. The third-order valence-corrected chi connectivity index (χ3v) is 5.10. The highest BCUT2D eigenvalue weighted by atomic mass is 16.5. The van der Waals surface area contributed by atoms with Crippen LogP contribution in [0, 0.1) is 20.8 Å². The normalized spacial score (nSPS) is 16.8. The second kappa shape index (κ2) is 9.02. The summed E-state index contributed by atoms with van der Waals surface area (Å²) in [5, 5.41) is 2.98. The molecule has 0 spiro atoms. The van der Waals surface area contributed by atoms with Gasteiger partial charge in [-0.05, 0) is 43.9 Å². The Morgan fingerprint density at radius 3 is 2.46 bits per heavy atom. The van der Waals surface area contributed by atoms with E-state index in [9.17, 15) is 9.59 Å². The molecule has 1 fully saturated rings. The molecule has 1 unspecified atom stereocenters. The van der Waals surface area contributed by atoms with Gasteiger partial charge in [0.15, 0.2) is 6.61 Å². The maximum atomic E-state index is 12.4. The predicted molar refractivity (Wildman–Crippen MR) is 109 cm³/mol. The number of nitrogens with zero attached hydrogens (tertiary/aromatic N) is 1. The van der Waals surface area contributed by atoms with Crippen molar-refractivity contribution >= 4 is 11.9 Å². The van der Waals surface area contributed by atoms with Gasteiger partial charge in [0.05, 0.1) is 5.56 Å². The van der Waals surface area contributed by atoms with Crippen molar-refractivity contribution in [1.82, 2.24) is 10.2 Å². The fraction of sp³-hybridized carbons (Fsp3) is 0.391. The lowest BCUT2D eigenvalue weighted by Gasteiger charge is -2.17. The fourth-order valence-electron chi connectivity index (χ4n) is 3.91. The van der Waals surface area contributed by atoms with Gasteiger partial charge in [0.25, 0.3) is 5.91 Å². The zero-order chi connectivity index (χ0) is 20.1. The van der Waals surface area contributed by atoms with Gasteiger partial charge in [-0.25, -0.2) is 4.79 Å². The van der Waals surface area contributed by atoms with Crippen LogP contribution in [0.4, 0.5) is 0 Å². The van der Waals surface area contributed by atoms with Gasteiger partial charge in [0.2, 0.25) is 0 Å². The van der Waals surface area contributed by atoms with E-state index in [1.54, 1.807) is 0 Å². The molecule has 1 aliphatic heterocycles. The number of benzene rings is 2. The Kier molecular flexibility index (Phi) is 6.47. The molecule has 3 rings (SSSR count). The van der Waals surface area contributed by atoms with Gasteiger partial charge in [0, 0.05) is 25.7 Å². The topological polar surface area (TPSA) is 58.6 Å². The average Bonchev–Trinajstić information content (AvgIpc) is 3.06. The van der Waals surface area contributed by atoms with Gasteiger partial charge >= 0.3 is 5.97 Å². The van der Waals surface area contributed by atoms with Gasteiger partial charge in [-0.3, -0.25) is 9.69 Å². The van der Waals surface area contributed by atoms with Crippen molar-refractivity contribution in [3.8, 4) is 0 Å². The molecule has 1 atom stereocenters. The number of hydrogen-bond acceptors (Lipinski definition) is 4. The Morgan fingerprint density at radius 2 is 1.79 bits per heavy atom. The summed E-state index contributed by atoms with van der Waals surface area (Å²) in [6.07, 6.45) is 0.905. The molecule has 0 radical (unpaired) electrons. The van der Waals surface area contributed by atoms with Crippen molar-refractivity contribution in [2.75, 3.05) is 19.7 Å². The minimum absolute atomic E-state index is 0.0951. The Morgan fingerprint density at radius 1 is 1.11 bits per heavy atom. The maximum Gasteiger partial charge on any atom is 0.339 e. The number of carbonyl (C=O) groups is 2. The molecular formula is C23H28N2O3. The van der Waals surface area contributed by atoms with Crippen LogP contribution in [-0.4, -0.2) is 42.5 Å². The Balaban J connectivity index is 1.45. The maximum absolute atomic E-state index is 12.4. The zero-order valence-electron chi connectivity index (χ0n) is 16.8. The van der Waals surface area contributed by atoms with Gasteiger partial charge in [0.1, 0.15) is 0 Å². The Labute approximate surface area is 166 Å². The quantitative estimate of drug-likeness (QED) is 0.782. The molecule has 28 heavy (non-hydrogen) atoms. The highest BCUT2D eigenvalue weighted by Gasteiger charge is 2.24. The van der Waals surface area contributed by atoms with Crippen molar-refractivity contribution in [2.24, 2.45) is 0 Å². The van der Waals surface area contributed by atoms with Crippen molar-refractivity contribution in [2.45, 2.75) is 39.8 Å². The molecule has 2 aromatic rings. The van der Waals surface area contributed by atoms with Crippen LogP contribution in [0.3, 0.4) is 0 Å². The first kappa shape index (κ1) is 20.1. The van der Waals surface area contributed by atoms with E-state index in [4.69, 9.17) is 4.74 Å². The SMILES string of the molecule is Cc1cc(C)c(C(=O)OCC(=O)NC2CCN(Cc3ccccc3)C2)c(C)c1. The van der Waals surface area contributed by atoms with Gasteiger partial charge in [-0.15, -0.1) is 0 Å². The highest BCUT2D eigenvalue weighted by molar-refractivity contribution is 5.94. The molecule has 1 amide bonds. The minimum Gasteiger partial charge on any atom is -0.452 e. The van der Waals surface area contributed by atoms with E-state index in [2.05, 4.69) is 22.3 Å². The fourth-order valence-corrected chi connectivity index (χ4v) is 3.91. The van der Waals surface area contributed by atoms with Crippen LogP contribution in [0.25, 0.3) is 0 Å². The molecule has 148 valence electrons. The van der Waals surface area contributed by atoms with Crippen molar-refractivity contribution in [1.29, 1.82) is 0 Å². The monoisotopic (exact) mass is 380 g/mol. The summed E-state index contributed by atoms with van der Waals surface area (Å²) < 4.78 is 5.26. The molecule has 5 heteroatoms. The first-order valence-corrected chi connectivity index (χ1v) is 9.73. The molecule has 1 heterocycles. The number of ether oxygens (including phenoxy) is 1. The molecule has 5 nitrogen and oxygen atoms in total. The first-order chi connectivity index (χ1) is 13.4. The molecule has 1 aliphatic rings. The summed E-state index contributed by atoms with van der Waals surface area (Å²) in [6.45, 7) is 8.15. The molecule has 0 aromatic heterocycles. The van der Waals surface area contributed by atoms with Crippen LogP contribution in [0.5, 0.6) is 0 Å². The van der Waals surface area contributed by atoms with Crippen molar-refractivity contribution in [3.63, 3.8) is 0 Å². The van der Waals surface area contributed by atoms with Crippen LogP contribution >= 0.6 is 0 Å². The minimum atomic E-state index is -0.442. The van der Waals surface area contributed by atoms with E-state index >= 15 is 0 Å². The summed E-state index contributed by atoms with van der Waals surface area (Å²) in [4.78, 5) is 26.9. The second-order valence-corrected chi connectivity index (χ2v) is 7.62. The number of rotatable bonds is 6. The van der Waals surface area contributed by atoms with E-state index in [0.29, 0.717) is 5.56 Å². The molecule has 0 aliphatic carbocycles. The largest absolute Gasteiger partial charge is 0.452 e. The van der Waals surface area contributed by atoms with Crippen LogP contribution in [0.1, 0.15) is 39.0 Å². The Bertz CT molecular complexity index is 825. The second-order valence-electron chi connectivity index (χ2n) is 7.62. The van der Waals surface area contributed by atoms with E-state index in [-0.39, 0.29) is 18.6 Å². The predicted octanol–water partition coefficient (Wildman–Crippen LogP) is 3.16. The first-order valence-electron chi connectivity index (χ1n) is 9.73. The van der Waals surface area contributed by atoms with Gasteiger partial charge in [-0.1, -0.05) is 48.0 Å². The summed E-state index contributed by atoms with van der Waals surface area (Å²) in [7, 11) is 0. The van der Waals surface area contributed by atoms with E-state index < -0.39 is 5.97 Å². The van der Waals surface area contributed by atoms with Crippen LogP contribution in [-0.2, 0) is 16.1 Å². The van der Waals surface area contributed by atoms with Gasteiger partial charge in [-0.2, -0.15) is 0 Å². The summed E-state index contributed by atoms with van der Waals surface area (Å²) in [5.74, 6) is -0.690. The standard InChI is InChI=1S/C23H28N2O3/c1-16-11-17(2)22(18(3)12-16)23(27)28-15-21(26)24-20-9-10-25(14-20)13-19-7-5-4-6-8-19/h4-8,11-12,20H,9-10,13-15H2,1-3H3,(H,24,26). The highest BCUT2D eigenvalue weighted by Crippen LogP contribution is 2.17. The lowest BCUT2D eigenvalue weighted by atomic mass is 10.00. The van der Waals surface area contributed by atoms with E-state index in [1.165, 1.54) is 5.56 Å². The number of esters is 1. The van der Waals surface area contributed by atoms with E-state index in [0.717, 1.165) is 42.7 Å². The molecular weight excluding hydrogens is 352 g/mol. The lowest BCUT2D eigenvalue weighted by molar-refractivity contribution is -0.124. The number of nitrogens with one attached hydrogen (secondary N) is 1. The molecule has 0 bridgehead atoms. The molecule has 1 N–H and O–H groups in total. The summed E-state index contributed by atoms with van der Waals surface area (Å²) >= 11 is 0. The van der Waals surface area contributed by atoms with E-state index in [1.807, 2.05) is 51.1 Å². The number of likely N-dealkylation sites (tertiary alicyclic amines) is 1. The average molecular weight is 380 g/mol. The zero-order valence-corrected chi connectivity index (χ0v) is 16.8. The Hall–Kier alpha value is -2.66. The third-order valence-electron chi connectivity index (χ3n) is 5.10. The number of hydrogen-bond donors (Lipinski definition) is 1.